The highest BCUT2D eigenvalue weighted by Gasteiger charge is 2.32. The summed E-state index contributed by atoms with van der Waals surface area (Å²) in [4.78, 5) is 43.3. The van der Waals surface area contributed by atoms with Gasteiger partial charge in [0.1, 0.15) is 11.5 Å². The van der Waals surface area contributed by atoms with E-state index in [1.807, 2.05) is 33.8 Å². The number of hydrogen-bond donors (Lipinski definition) is 5. The van der Waals surface area contributed by atoms with E-state index in [-0.39, 0.29) is 28.7 Å². The van der Waals surface area contributed by atoms with E-state index in [1.54, 1.807) is 26.2 Å². The van der Waals surface area contributed by atoms with Crippen molar-refractivity contribution < 1.29 is 24.7 Å². The lowest BCUT2D eigenvalue weighted by molar-refractivity contribution is -0.385. The van der Waals surface area contributed by atoms with Gasteiger partial charge in [-0.2, -0.15) is 0 Å². The van der Waals surface area contributed by atoms with Gasteiger partial charge in [-0.1, -0.05) is 0 Å². The molecule has 2 amide bonds. The van der Waals surface area contributed by atoms with Gasteiger partial charge < -0.3 is 26.6 Å². The molecule has 0 aromatic heterocycles. The lowest BCUT2D eigenvalue weighted by Crippen LogP contribution is -2.51. The minimum atomic E-state index is -0.457. The van der Waals surface area contributed by atoms with Gasteiger partial charge in [0, 0.05) is 122 Å². The Morgan fingerprint density at radius 3 is 1.50 bits per heavy atom. The zero-order chi connectivity index (χ0) is 35.6. The molecule has 48 heavy (non-hydrogen) atoms. The average molecular weight is 671 g/mol. The third-order valence-electron chi connectivity index (χ3n) is 9.02. The second-order valence-electron chi connectivity index (χ2n) is 14.0. The Labute approximate surface area is 284 Å². The van der Waals surface area contributed by atoms with E-state index in [1.165, 1.54) is 18.2 Å². The Morgan fingerprint density at radius 1 is 0.729 bits per heavy atom. The molecule has 0 unspecified atom stereocenters. The number of anilines is 1. The van der Waals surface area contributed by atoms with Gasteiger partial charge in [-0.3, -0.25) is 39.3 Å². The van der Waals surface area contributed by atoms with Crippen molar-refractivity contribution in [1.29, 1.82) is 0 Å². The molecule has 0 saturated carbocycles. The lowest BCUT2D eigenvalue weighted by atomic mass is 9.91. The number of nitro groups is 1. The monoisotopic (exact) mass is 670 g/mol. The SMILES string of the molecule is CNC(=O)C(C)(C)CN1CCN(Cc2cc(N)ccc2O)CC1.CNC(=O)C(C)(C)CN1CCN(Cc2cc([N+](=O)[O-])ccc2O)CC1. The number of nitrogens with zero attached hydrogens (tertiary/aromatic N) is 5. The standard InChI is InChI=1S/C17H26N4O4.C17H28N4O2/c1-17(2,16(23)18-3)12-20-8-6-19(7-9-20)11-13-10-14(21(24)25)4-5-15(13)22;1-17(2,16(23)19-3)12-21-8-6-20(7-9-21)11-13-10-14(18)4-5-15(13)22/h4-5,10,22H,6-9,11-12H2,1-3H3,(H,18,23);4-5,10,22H,6-9,11-12,18H2,1-3H3,(H,19,23). The molecule has 14 nitrogen and oxygen atoms in total. The summed E-state index contributed by atoms with van der Waals surface area (Å²) >= 11 is 0. The van der Waals surface area contributed by atoms with Crippen LogP contribution in [0.5, 0.6) is 11.5 Å². The fourth-order valence-electron chi connectivity index (χ4n) is 6.18. The Balaban J connectivity index is 0.000000261. The Morgan fingerprint density at radius 2 is 1.10 bits per heavy atom. The fourth-order valence-corrected chi connectivity index (χ4v) is 6.18. The fraction of sp³-hybridized carbons (Fsp3) is 0.588. The van der Waals surface area contributed by atoms with Gasteiger partial charge in [-0.15, -0.1) is 0 Å². The van der Waals surface area contributed by atoms with Crippen LogP contribution in [0.3, 0.4) is 0 Å². The summed E-state index contributed by atoms with van der Waals surface area (Å²) in [6.07, 6.45) is 0. The quantitative estimate of drug-likeness (QED) is 0.102. The number of non-ortho nitro benzene ring substituents is 1. The van der Waals surface area contributed by atoms with Crippen LogP contribution in [0.2, 0.25) is 0 Å². The second-order valence-corrected chi connectivity index (χ2v) is 14.0. The van der Waals surface area contributed by atoms with Crippen molar-refractivity contribution in [3.63, 3.8) is 0 Å². The molecule has 14 heteroatoms. The lowest BCUT2D eigenvalue weighted by Gasteiger charge is -2.38. The van der Waals surface area contributed by atoms with E-state index in [2.05, 4.69) is 30.2 Å². The van der Waals surface area contributed by atoms with Crippen molar-refractivity contribution >= 4 is 23.2 Å². The third kappa shape index (κ3) is 11.0. The minimum Gasteiger partial charge on any atom is -0.508 e. The number of rotatable bonds is 11. The molecule has 4 rings (SSSR count). The molecule has 0 aliphatic carbocycles. The molecule has 0 atom stereocenters. The maximum absolute atomic E-state index is 11.9. The number of nitrogens with one attached hydrogen (secondary N) is 2. The predicted molar refractivity (Wildman–Crippen MR) is 186 cm³/mol. The molecular formula is C34H54N8O6. The maximum Gasteiger partial charge on any atom is 0.270 e. The summed E-state index contributed by atoms with van der Waals surface area (Å²) in [6.45, 7) is 17.3. The third-order valence-corrected chi connectivity index (χ3v) is 9.02. The van der Waals surface area contributed by atoms with Gasteiger partial charge >= 0.3 is 0 Å². The van der Waals surface area contributed by atoms with Gasteiger partial charge in [0.25, 0.3) is 5.69 Å². The zero-order valence-corrected chi connectivity index (χ0v) is 29.3. The molecule has 2 saturated heterocycles. The summed E-state index contributed by atoms with van der Waals surface area (Å²) in [5, 5.41) is 36.2. The first kappa shape index (κ1) is 38.5. The normalized spacial score (nSPS) is 16.9. The summed E-state index contributed by atoms with van der Waals surface area (Å²) in [6, 6.07) is 9.28. The number of phenols is 2. The van der Waals surface area contributed by atoms with Gasteiger partial charge in [0.05, 0.1) is 15.8 Å². The summed E-state index contributed by atoms with van der Waals surface area (Å²) < 4.78 is 0. The highest BCUT2D eigenvalue weighted by Crippen LogP contribution is 2.26. The van der Waals surface area contributed by atoms with E-state index in [4.69, 9.17) is 5.73 Å². The van der Waals surface area contributed by atoms with Gasteiger partial charge in [-0.05, 0) is 52.0 Å². The van der Waals surface area contributed by atoms with Gasteiger partial charge in [-0.25, -0.2) is 0 Å². The topological polar surface area (TPSA) is 181 Å². The first-order valence-electron chi connectivity index (χ1n) is 16.4. The van der Waals surface area contributed by atoms with E-state index in [9.17, 15) is 29.9 Å². The van der Waals surface area contributed by atoms with Crippen LogP contribution in [-0.2, 0) is 22.7 Å². The maximum atomic E-state index is 11.9. The van der Waals surface area contributed by atoms with Gasteiger partial charge in [0.2, 0.25) is 11.8 Å². The molecule has 2 aliphatic rings. The first-order chi connectivity index (χ1) is 22.5. The number of carbonyl (C=O) groups is 2. The van der Waals surface area contributed by atoms with Crippen molar-refractivity contribution in [2.75, 3.05) is 85.3 Å². The molecule has 6 N–H and O–H groups in total. The van der Waals surface area contributed by atoms with Crippen LogP contribution < -0.4 is 16.4 Å². The number of nitrogens with two attached hydrogens (primary N) is 1. The molecular weight excluding hydrogens is 616 g/mol. The average Bonchev–Trinajstić information content (AvgIpc) is 3.04. The van der Waals surface area contributed by atoms with Crippen LogP contribution in [0.1, 0.15) is 38.8 Å². The van der Waals surface area contributed by atoms with Crippen molar-refractivity contribution in [2.24, 2.45) is 10.8 Å². The summed E-state index contributed by atoms with van der Waals surface area (Å²) in [5.74, 6) is 0.470. The zero-order valence-electron chi connectivity index (χ0n) is 29.3. The highest BCUT2D eigenvalue weighted by molar-refractivity contribution is 5.82. The summed E-state index contributed by atoms with van der Waals surface area (Å²) in [5.41, 5.74) is 7.04. The molecule has 2 aliphatic heterocycles. The molecule has 2 aromatic carbocycles. The van der Waals surface area contributed by atoms with Gasteiger partial charge in [0.15, 0.2) is 0 Å². The molecule has 2 fully saturated rings. The van der Waals surface area contributed by atoms with E-state index in [0.717, 1.165) is 64.5 Å². The molecule has 0 spiro atoms. The smallest absolute Gasteiger partial charge is 0.270 e. The number of amides is 2. The largest absolute Gasteiger partial charge is 0.508 e. The Kier molecular flexibility index (Phi) is 13.6. The van der Waals surface area contributed by atoms with E-state index < -0.39 is 10.3 Å². The van der Waals surface area contributed by atoms with Crippen LogP contribution in [0, 0.1) is 20.9 Å². The number of benzene rings is 2. The molecule has 0 bridgehead atoms. The first-order valence-corrected chi connectivity index (χ1v) is 16.4. The number of carbonyl (C=O) groups excluding carboxylic acids is 2. The van der Waals surface area contributed by atoms with Crippen molar-refractivity contribution in [3.05, 3.63) is 57.6 Å². The van der Waals surface area contributed by atoms with Crippen LogP contribution in [-0.4, -0.2) is 126 Å². The molecule has 2 aromatic rings. The summed E-state index contributed by atoms with van der Waals surface area (Å²) in [7, 11) is 3.33. The van der Waals surface area contributed by atoms with Crippen molar-refractivity contribution in [1.82, 2.24) is 30.2 Å². The highest BCUT2D eigenvalue weighted by atomic mass is 16.6. The minimum absolute atomic E-state index is 0.0150. The Bertz CT molecular complexity index is 1400. The number of aromatic hydroxyl groups is 2. The van der Waals surface area contributed by atoms with E-state index >= 15 is 0 Å². The number of nitrogen functional groups attached to an aromatic ring is 1. The van der Waals surface area contributed by atoms with Crippen LogP contribution in [0.4, 0.5) is 11.4 Å². The van der Waals surface area contributed by atoms with Crippen molar-refractivity contribution in [3.8, 4) is 11.5 Å². The number of piperazine rings is 2. The molecule has 0 radical (unpaired) electrons. The van der Waals surface area contributed by atoms with Crippen molar-refractivity contribution in [2.45, 2.75) is 40.8 Å². The second kappa shape index (κ2) is 16.9. The van der Waals surface area contributed by atoms with Crippen LogP contribution in [0.25, 0.3) is 0 Å². The molecule has 2 heterocycles. The number of hydrogen-bond acceptors (Lipinski definition) is 11. The number of phenolic OH excluding ortho intramolecular Hbond substituents is 2. The Hall–Kier alpha value is -3.98. The van der Waals surface area contributed by atoms with Crippen LogP contribution in [0.15, 0.2) is 36.4 Å². The molecule has 266 valence electrons. The van der Waals surface area contributed by atoms with Crippen LogP contribution >= 0.6 is 0 Å². The predicted octanol–water partition coefficient (Wildman–Crippen LogP) is 2.05. The van der Waals surface area contributed by atoms with E-state index in [0.29, 0.717) is 36.6 Å². The number of nitro benzene ring substituents is 1.